The molecule has 0 saturated carbocycles. The number of hydrogen-bond donors (Lipinski definition) is 1. The van der Waals surface area contributed by atoms with Crippen molar-refractivity contribution < 1.29 is 9.47 Å². The number of ether oxygens (including phenoxy) is 2. The summed E-state index contributed by atoms with van der Waals surface area (Å²) in [5, 5.41) is 5.57. The Morgan fingerprint density at radius 1 is 0.931 bits per heavy atom. The molecule has 0 aliphatic carbocycles. The molecule has 3 aromatic rings. The Bertz CT molecular complexity index is 1010. The Kier molecular flexibility index (Phi) is 7.83. The largest absolute Gasteiger partial charge is 0.493 e. The highest BCUT2D eigenvalue weighted by atomic mass is 79.9. The lowest BCUT2D eigenvalue weighted by Crippen LogP contribution is -2.03. The van der Waals surface area contributed by atoms with Crippen LogP contribution in [0.15, 0.2) is 53.0 Å². The first kappa shape index (κ1) is 22.4. The van der Waals surface area contributed by atoms with Crippen LogP contribution in [-0.2, 0) is 13.2 Å². The molecule has 29 heavy (non-hydrogen) atoms. The van der Waals surface area contributed by atoms with Gasteiger partial charge < -0.3 is 14.8 Å². The van der Waals surface area contributed by atoms with Crippen LogP contribution in [-0.4, -0.2) is 7.11 Å². The van der Waals surface area contributed by atoms with Crippen LogP contribution in [0.1, 0.15) is 11.1 Å². The van der Waals surface area contributed by atoms with E-state index >= 15 is 0 Å². The van der Waals surface area contributed by atoms with Crippen molar-refractivity contribution in [2.24, 2.45) is 0 Å². The second-order valence-electron chi connectivity index (χ2n) is 6.08. The molecule has 0 bridgehead atoms. The number of halogens is 5. The van der Waals surface area contributed by atoms with Crippen molar-refractivity contribution in [1.29, 1.82) is 0 Å². The lowest BCUT2D eigenvalue weighted by Gasteiger charge is -2.16. The lowest BCUT2D eigenvalue weighted by atomic mass is 10.2. The van der Waals surface area contributed by atoms with Crippen LogP contribution in [0.5, 0.6) is 11.5 Å². The van der Waals surface area contributed by atoms with Crippen molar-refractivity contribution in [2.75, 3.05) is 12.4 Å². The third kappa shape index (κ3) is 5.65. The minimum atomic E-state index is 0.211. The normalized spacial score (nSPS) is 10.7. The maximum Gasteiger partial charge on any atom is 0.175 e. The molecule has 0 atom stereocenters. The molecule has 0 radical (unpaired) electrons. The molecule has 0 heterocycles. The Labute approximate surface area is 197 Å². The molecule has 8 heteroatoms. The maximum absolute atomic E-state index is 6.22. The highest BCUT2D eigenvalue weighted by Crippen LogP contribution is 2.38. The first-order chi connectivity index (χ1) is 13.9. The second kappa shape index (κ2) is 10.1. The molecule has 3 aromatic carbocycles. The molecule has 0 spiro atoms. The van der Waals surface area contributed by atoms with Crippen LogP contribution in [0.4, 0.5) is 5.69 Å². The zero-order valence-electron chi connectivity index (χ0n) is 15.2. The van der Waals surface area contributed by atoms with E-state index < -0.39 is 0 Å². The van der Waals surface area contributed by atoms with Gasteiger partial charge in [-0.1, -0.05) is 52.5 Å². The van der Waals surface area contributed by atoms with E-state index in [2.05, 4.69) is 21.2 Å². The quantitative estimate of drug-likeness (QED) is 0.330. The first-order valence-electron chi connectivity index (χ1n) is 8.50. The van der Waals surface area contributed by atoms with Crippen LogP contribution in [0.2, 0.25) is 20.1 Å². The van der Waals surface area contributed by atoms with Gasteiger partial charge in [-0.25, -0.2) is 0 Å². The molecular weight excluding hydrogens is 520 g/mol. The SMILES string of the molecule is COc1cc(CNc2cc(Cl)ccc2Cl)cc(Br)c1OCc1c(Cl)cccc1Cl. The van der Waals surface area contributed by atoms with Crippen LogP contribution >= 0.6 is 62.3 Å². The third-order valence-electron chi connectivity index (χ3n) is 4.12. The average Bonchev–Trinajstić information content (AvgIpc) is 2.69. The predicted octanol–water partition coefficient (Wildman–Crippen LogP) is 8.26. The molecule has 3 rings (SSSR count). The molecule has 0 unspecified atom stereocenters. The number of anilines is 1. The van der Waals surface area contributed by atoms with Crippen molar-refractivity contribution in [2.45, 2.75) is 13.2 Å². The lowest BCUT2D eigenvalue weighted by molar-refractivity contribution is 0.282. The van der Waals surface area contributed by atoms with Crippen molar-refractivity contribution in [3.8, 4) is 11.5 Å². The van der Waals surface area contributed by atoms with Gasteiger partial charge in [-0.3, -0.25) is 0 Å². The fourth-order valence-electron chi connectivity index (χ4n) is 2.66. The highest BCUT2D eigenvalue weighted by Gasteiger charge is 2.14. The van der Waals surface area contributed by atoms with Crippen LogP contribution in [0.3, 0.4) is 0 Å². The van der Waals surface area contributed by atoms with E-state index in [1.54, 1.807) is 43.5 Å². The molecule has 0 aliphatic heterocycles. The van der Waals surface area contributed by atoms with Gasteiger partial charge >= 0.3 is 0 Å². The van der Waals surface area contributed by atoms with E-state index in [1.807, 2.05) is 12.1 Å². The summed E-state index contributed by atoms with van der Waals surface area (Å²) >= 11 is 28.2. The number of benzene rings is 3. The summed E-state index contributed by atoms with van der Waals surface area (Å²) in [5.74, 6) is 1.14. The maximum atomic E-state index is 6.22. The monoisotopic (exact) mass is 533 g/mol. The molecule has 0 saturated heterocycles. The number of methoxy groups -OCH3 is 1. The summed E-state index contributed by atoms with van der Waals surface area (Å²) < 4.78 is 12.2. The van der Waals surface area contributed by atoms with E-state index in [9.17, 15) is 0 Å². The van der Waals surface area contributed by atoms with Gasteiger partial charge in [0, 0.05) is 27.2 Å². The summed E-state index contributed by atoms with van der Waals surface area (Å²) in [5.41, 5.74) is 2.43. The van der Waals surface area contributed by atoms with E-state index in [-0.39, 0.29) is 6.61 Å². The number of nitrogens with one attached hydrogen (secondary N) is 1. The fourth-order valence-corrected chi connectivity index (χ4v) is 4.13. The standard InChI is InChI=1S/C21H16BrCl4NO2/c1-28-20-8-12(10-27-19-9-13(23)5-6-18(19)26)7-15(22)21(20)29-11-14-16(24)3-2-4-17(14)25/h2-9,27H,10-11H2,1H3. The molecule has 1 N–H and O–H groups in total. The van der Waals surface area contributed by atoms with Gasteiger partial charge in [-0.05, 0) is 64.0 Å². The molecule has 152 valence electrons. The van der Waals surface area contributed by atoms with E-state index in [0.717, 1.165) is 15.7 Å². The van der Waals surface area contributed by atoms with Gasteiger partial charge in [-0.2, -0.15) is 0 Å². The van der Waals surface area contributed by atoms with Crippen molar-refractivity contribution >= 4 is 68.0 Å². The van der Waals surface area contributed by atoms with Crippen LogP contribution in [0, 0.1) is 0 Å². The van der Waals surface area contributed by atoms with E-state index in [1.165, 1.54) is 0 Å². The Morgan fingerprint density at radius 2 is 1.66 bits per heavy atom. The minimum absolute atomic E-state index is 0.211. The second-order valence-corrected chi connectivity index (χ2v) is 8.59. The summed E-state index contributed by atoms with van der Waals surface area (Å²) in [4.78, 5) is 0. The number of rotatable bonds is 7. The smallest absolute Gasteiger partial charge is 0.175 e. The summed E-state index contributed by atoms with van der Waals surface area (Å²) in [6, 6.07) is 14.4. The Morgan fingerprint density at radius 3 is 2.34 bits per heavy atom. The van der Waals surface area contributed by atoms with Gasteiger partial charge in [0.25, 0.3) is 0 Å². The average molecular weight is 536 g/mol. The van der Waals surface area contributed by atoms with Crippen LogP contribution < -0.4 is 14.8 Å². The van der Waals surface area contributed by atoms with Crippen molar-refractivity contribution in [1.82, 2.24) is 0 Å². The van der Waals surface area contributed by atoms with Gasteiger partial charge in [0.05, 0.1) is 22.3 Å². The number of hydrogen-bond acceptors (Lipinski definition) is 3. The fraction of sp³-hybridized carbons (Fsp3) is 0.143. The van der Waals surface area contributed by atoms with Crippen molar-refractivity contribution in [3.63, 3.8) is 0 Å². The van der Waals surface area contributed by atoms with Gasteiger partial charge in [-0.15, -0.1) is 0 Å². The summed E-state index contributed by atoms with van der Waals surface area (Å²) in [6.07, 6.45) is 0. The minimum Gasteiger partial charge on any atom is -0.493 e. The molecule has 3 nitrogen and oxygen atoms in total. The van der Waals surface area contributed by atoms with Gasteiger partial charge in [0.1, 0.15) is 6.61 Å². The van der Waals surface area contributed by atoms with E-state index in [4.69, 9.17) is 55.9 Å². The topological polar surface area (TPSA) is 30.5 Å². The van der Waals surface area contributed by atoms with Crippen LogP contribution in [0.25, 0.3) is 0 Å². The summed E-state index contributed by atoms with van der Waals surface area (Å²) in [7, 11) is 1.59. The zero-order chi connectivity index (χ0) is 21.0. The van der Waals surface area contributed by atoms with E-state index in [0.29, 0.717) is 43.7 Å². The highest BCUT2D eigenvalue weighted by molar-refractivity contribution is 9.10. The Balaban J connectivity index is 1.77. The third-order valence-corrected chi connectivity index (χ3v) is 5.99. The zero-order valence-corrected chi connectivity index (χ0v) is 19.8. The molecule has 0 aromatic heterocycles. The summed E-state index contributed by atoms with van der Waals surface area (Å²) in [6.45, 7) is 0.731. The van der Waals surface area contributed by atoms with Gasteiger partial charge in [0.2, 0.25) is 0 Å². The predicted molar refractivity (Wildman–Crippen MR) is 125 cm³/mol. The van der Waals surface area contributed by atoms with Crippen molar-refractivity contribution in [3.05, 3.63) is 84.2 Å². The van der Waals surface area contributed by atoms with Gasteiger partial charge in [0.15, 0.2) is 11.5 Å². The Hall–Kier alpha value is -1.30. The molecule has 0 amide bonds. The molecule has 0 aliphatic rings. The first-order valence-corrected chi connectivity index (χ1v) is 10.8. The molecule has 0 fully saturated rings. The molecular formula is C21H16BrCl4NO2.